The largest absolute Gasteiger partial charge is 0.493 e. The van der Waals surface area contributed by atoms with Gasteiger partial charge >= 0.3 is 0 Å². The van der Waals surface area contributed by atoms with Crippen LogP contribution in [0.3, 0.4) is 0 Å². The molecule has 2 aromatic rings. The van der Waals surface area contributed by atoms with Gasteiger partial charge in [-0.3, -0.25) is 4.79 Å². The van der Waals surface area contributed by atoms with Gasteiger partial charge < -0.3 is 14.4 Å². The molecule has 1 amide bonds. The molecule has 1 aliphatic heterocycles. The number of fused-ring (bicyclic) bond motifs is 1. The molecule has 0 unspecified atom stereocenters. The Hall–Kier alpha value is -2.49. The molecule has 1 heterocycles. The van der Waals surface area contributed by atoms with Crippen LogP contribution in [0, 0.1) is 0 Å². The quantitative estimate of drug-likeness (QED) is 0.740. The van der Waals surface area contributed by atoms with Crippen LogP contribution in [0.2, 0.25) is 0 Å². The highest BCUT2D eigenvalue weighted by Gasteiger charge is 2.23. The van der Waals surface area contributed by atoms with Crippen LogP contribution in [-0.2, 0) is 17.6 Å². The van der Waals surface area contributed by atoms with Crippen LogP contribution in [0.1, 0.15) is 49.3 Å². The number of benzene rings is 2. The van der Waals surface area contributed by atoms with Gasteiger partial charge in [0.1, 0.15) is 0 Å². The van der Waals surface area contributed by atoms with Gasteiger partial charge in [0.2, 0.25) is 5.91 Å². The van der Waals surface area contributed by atoms with Gasteiger partial charge in [0.15, 0.2) is 11.5 Å². The highest BCUT2D eigenvalue weighted by Crippen LogP contribution is 2.31. The van der Waals surface area contributed by atoms with Crippen molar-refractivity contribution in [3.05, 3.63) is 53.1 Å². The van der Waals surface area contributed by atoms with Gasteiger partial charge in [0.05, 0.1) is 14.2 Å². The molecule has 3 rings (SSSR count). The molecule has 4 heteroatoms. The molecule has 0 spiro atoms. The molecule has 0 saturated heterocycles. The van der Waals surface area contributed by atoms with E-state index in [-0.39, 0.29) is 5.91 Å². The Morgan fingerprint density at radius 2 is 1.85 bits per heavy atom. The number of carbonyl (C=O) groups excluding carboxylic acids is 1. The van der Waals surface area contributed by atoms with Gasteiger partial charge in [0.25, 0.3) is 0 Å². The van der Waals surface area contributed by atoms with E-state index in [0.29, 0.717) is 30.3 Å². The lowest BCUT2D eigenvalue weighted by molar-refractivity contribution is -0.118. The lowest BCUT2D eigenvalue weighted by atomic mass is 9.94. The van der Waals surface area contributed by atoms with Crippen molar-refractivity contribution in [1.29, 1.82) is 0 Å². The normalized spacial score (nSPS) is 13.4. The highest BCUT2D eigenvalue weighted by atomic mass is 16.5. The number of ether oxygens (including phenoxy) is 2. The van der Waals surface area contributed by atoms with E-state index in [4.69, 9.17) is 9.47 Å². The summed E-state index contributed by atoms with van der Waals surface area (Å²) in [5.41, 5.74) is 4.80. The zero-order valence-corrected chi connectivity index (χ0v) is 16.7. The molecular formula is C23H29NO3. The lowest BCUT2D eigenvalue weighted by Gasteiger charge is -2.30. The molecule has 0 bridgehead atoms. The topological polar surface area (TPSA) is 38.8 Å². The van der Waals surface area contributed by atoms with Crippen LogP contribution in [0.5, 0.6) is 11.5 Å². The Kier molecular flexibility index (Phi) is 6.04. The molecule has 0 radical (unpaired) electrons. The van der Waals surface area contributed by atoms with Gasteiger partial charge in [-0.15, -0.1) is 0 Å². The van der Waals surface area contributed by atoms with E-state index >= 15 is 0 Å². The Balaban J connectivity index is 1.71. The maximum atomic E-state index is 12.9. The fourth-order valence-electron chi connectivity index (χ4n) is 3.66. The predicted molar refractivity (Wildman–Crippen MR) is 109 cm³/mol. The monoisotopic (exact) mass is 367 g/mol. The minimum atomic E-state index is 0.183. The number of methoxy groups -OCH3 is 2. The number of amides is 1. The minimum absolute atomic E-state index is 0.183. The second kappa shape index (κ2) is 8.47. The maximum Gasteiger partial charge on any atom is 0.227 e. The van der Waals surface area contributed by atoms with Crippen molar-refractivity contribution in [1.82, 2.24) is 0 Å². The SMILES string of the molecule is COc1ccc(CCC(=O)N2CCCc3cc(C(C)C)ccc32)cc1OC. The van der Waals surface area contributed by atoms with Gasteiger partial charge in [0, 0.05) is 18.7 Å². The van der Waals surface area contributed by atoms with Crippen molar-refractivity contribution < 1.29 is 14.3 Å². The average molecular weight is 367 g/mol. The van der Waals surface area contributed by atoms with Crippen molar-refractivity contribution in [3.63, 3.8) is 0 Å². The average Bonchev–Trinajstić information content (AvgIpc) is 2.70. The number of carbonyl (C=O) groups is 1. The van der Waals surface area contributed by atoms with Gasteiger partial charge in [-0.25, -0.2) is 0 Å². The van der Waals surface area contributed by atoms with Gasteiger partial charge in [-0.1, -0.05) is 32.0 Å². The van der Waals surface area contributed by atoms with E-state index < -0.39 is 0 Å². The first-order valence-corrected chi connectivity index (χ1v) is 9.67. The zero-order chi connectivity index (χ0) is 19.4. The van der Waals surface area contributed by atoms with E-state index in [1.54, 1.807) is 14.2 Å². The minimum Gasteiger partial charge on any atom is -0.493 e. The molecule has 0 aliphatic carbocycles. The molecule has 0 N–H and O–H groups in total. The molecular weight excluding hydrogens is 338 g/mol. The summed E-state index contributed by atoms with van der Waals surface area (Å²) in [6.45, 7) is 5.21. The molecule has 27 heavy (non-hydrogen) atoms. The number of anilines is 1. The lowest BCUT2D eigenvalue weighted by Crippen LogP contribution is -2.35. The summed E-state index contributed by atoms with van der Waals surface area (Å²) in [6, 6.07) is 12.4. The van der Waals surface area contributed by atoms with Gasteiger partial charge in [-0.05, 0) is 60.1 Å². The Bertz CT molecular complexity index is 813. The third kappa shape index (κ3) is 4.26. The number of rotatable bonds is 6. The fraction of sp³-hybridized carbons (Fsp3) is 0.435. The second-order valence-corrected chi connectivity index (χ2v) is 7.38. The summed E-state index contributed by atoms with van der Waals surface area (Å²) >= 11 is 0. The number of hydrogen-bond donors (Lipinski definition) is 0. The summed E-state index contributed by atoms with van der Waals surface area (Å²) in [5, 5.41) is 0. The number of aryl methyl sites for hydroxylation is 2. The number of nitrogens with zero attached hydrogens (tertiary/aromatic N) is 1. The molecule has 0 atom stereocenters. The zero-order valence-electron chi connectivity index (χ0n) is 16.7. The molecule has 144 valence electrons. The summed E-state index contributed by atoms with van der Waals surface area (Å²) in [6.07, 6.45) is 3.25. The van der Waals surface area contributed by atoms with Crippen LogP contribution >= 0.6 is 0 Å². The molecule has 2 aromatic carbocycles. The van der Waals surface area contributed by atoms with Crippen LogP contribution in [0.25, 0.3) is 0 Å². The standard InChI is InChI=1S/C23H29NO3/c1-16(2)18-9-10-20-19(15-18)6-5-13-24(20)23(25)12-8-17-7-11-21(26-3)22(14-17)27-4/h7,9-11,14-16H,5-6,8,12-13H2,1-4H3. The summed E-state index contributed by atoms with van der Waals surface area (Å²) < 4.78 is 10.6. The second-order valence-electron chi connectivity index (χ2n) is 7.38. The molecule has 0 fully saturated rings. The maximum absolute atomic E-state index is 12.9. The predicted octanol–water partition coefficient (Wildman–Crippen LogP) is 4.74. The molecule has 0 aromatic heterocycles. The van der Waals surface area contributed by atoms with Crippen molar-refractivity contribution in [2.45, 2.75) is 45.4 Å². The fourth-order valence-corrected chi connectivity index (χ4v) is 3.66. The Labute approximate surface area is 162 Å². The van der Waals surface area contributed by atoms with Crippen LogP contribution in [0.4, 0.5) is 5.69 Å². The smallest absolute Gasteiger partial charge is 0.227 e. The Morgan fingerprint density at radius 3 is 2.56 bits per heavy atom. The third-order valence-electron chi connectivity index (χ3n) is 5.27. The van der Waals surface area contributed by atoms with Crippen LogP contribution < -0.4 is 14.4 Å². The van der Waals surface area contributed by atoms with E-state index in [0.717, 1.165) is 30.6 Å². The third-order valence-corrected chi connectivity index (χ3v) is 5.27. The van der Waals surface area contributed by atoms with Crippen LogP contribution in [-0.4, -0.2) is 26.7 Å². The highest BCUT2D eigenvalue weighted by molar-refractivity contribution is 5.94. The van der Waals surface area contributed by atoms with Crippen molar-refractivity contribution in [2.24, 2.45) is 0 Å². The molecule has 1 aliphatic rings. The summed E-state index contributed by atoms with van der Waals surface area (Å²) in [5.74, 6) is 2.10. The van der Waals surface area contributed by atoms with Crippen LogP contribution in [0.15, 0.2) is 36.4 Å². The van der Waals surface area contributed by atoms with Crippen molar-refractivity contribution in [3.8, 4) is 11.5 Å². The number of hydrogen-bond acceptors (Lipinski definition) is 3. The first-order valence-electron chi connectivity index (χ1n) is 9.67. The van der Waals surface area contributed by atoms with Gasteiger partial charge in [-0.2, -0.15) is 0 Å². The van der Waals surface area contributed by atoms with E-state index in [1.165, 1.54) is 11.1 Å². The van der Waals surface area contributed by atoms with E-state index in [2.05, 4.69) is 32.0 Å². The first-order chi connectivity index (χ1) is 13.0. The molecule has 0 saturated carbocycles. The molecule has 4 nitrogen and oxygen atoms in total. The van der Waals surface area contributed by atoms with E-state index in [1.807, 2.05) is 23.1 Å². The summed E-state index contributed by atoms with van der Waals surface area (Å²) in [7, 11) is 3.25. The van der Waals surface area contributed by atoms with Crippen molar-refractivity contribution in [2.75, 3.05) is 25.7 Å². The van der Waals surface area contributed by atoms with E-state index in [9.17, 15) is 4.79 Å². The Morgan fingerprint density at radius 1 is 1.07 bits per heavy atom. The summed E-state index contributed by atoms with van der Waals surface area (Å²) in [4.78, 5) is 14.9. The first kappa shape index (κ1) is 19.3. The van der Waals surface area contributed by atoms with Crippen molar-refractivity contribution >= 4 is 11.6 Å².